The Balaban J connectivity index is 1.78. The number of nitro benzene ring substituents is 1. The Morgan fingerprint density at radius 1 is 1.22 bits per heavy atom. The van der Waals surface area contributed by atoms with Crippen molar-refractivity contribution in [3.63, 3.8) is 0 Å². The lowest BCUT2D eigenvalue weighted by molar-refractivity contribution is -0.385. The standard InChI is InChI=1S/C17H19FN2O3/c18-13-7-5-12(16(11-13)20(22)23)6-10-17(21)19(15-8-9-15)14-3-1-2-4-14/h5-7,10-11,14-15H,1-4,8-9H2. The molecule has 0 bridgehead atoms. The predicted octanol–water partition coefficient (Wildman–Crippen LogP) is 3.68. The van der Waals surface area contributed by atoms with Crippen LogP contribution >= 0.6 is 0 Å². The molecule has 5 nitrogen and oxygen atoms in total. The summed E-state index contributed by atoms with van der Waals surface area (Å²) in [5, 5.41) is 11.0. The van der Waals surface area contributed by atoms with Gasteiger partial charge in [-0.2, -0.15) is 0 Å². The lowest BCUT2D eigenvalue weighted by Gasteiger charge is -2.27. The van der Waals surface area contributed by atoms with E-state index in [2.05, 4.69) is 0 Å². The van der Waals surface area contributed by atoms with Gasteiger partial charge < -0.3 is 4.90 Å². The highest BCUT2D eigenvalue weighted by atomic mass is 19.1. The molecule has 2 aliphatic rings. The van der Waals surface area contributed by atoms with Gasteiger partial charge in [-0.3, -0.25) is 14.9 Å². The van der Waals surface area contributed by atoms with Crippen LogP contribution in [0.4, 0.5) is 10.1 Å². The van der Waals surface area contributed by atoms with E-state index in [0.717, 1.165) is 50.7 Å². The van der Waals surface area contributed by atoms with Crippen LogP contribution in [-0.2, 0) is 4.79 Å². The molecule has 2 fully saturated rings. The summed E-state index contributed by atoms with van der Waals surface area (Å²) in [6, 6.07) is 3.97. The van der Waals surface area contributed by atoms with Gasteiger partial charge in [0.15, 0.2) is 0 Å². The Hall–Kier alpha value is -2.24. The third-order valence-electron chi connectivity index (χ3n) is 4.51. The third-order valence-corrected chi connectivity index (χ3v) is 4.51. The van der Waals surface area contributed by atoms with Crippen molar-refractivity contribution in [3.05, 3.63) is 45.8 Å². The number of nitrogens with zero attached hydrogens (tertiary/aromatic N) is 2. The minimum Gasteiger partial charge on any atom is -0.333 e. The average molecular weight is 318 g/mol. The molecule has 0 aromatic heterocycles. The molecule has 1 amide bonds. The van der Waals surface area contributed by atoms with E-state index < -0.39 is 10.7 Å². The zero-order valence-corrected chi connectivity index (χ0v) is 12.8. The monoisotopic (exact) mass is 318 g/mol. The van der Waals surface area contributed by atoms with Crippen molar-refractivity contribution in [2.24, 2.45) is 0 Å². The van der Waals surface area contributed by atoms with E-state index in [4.69, 9.17) is 0 Å². The maximum Gasteiger partial charge on any atom is 0.279 e. The number of hydrogen-bond donors (Lipinski definition) is 0. The molecule has 0 saturated heterocycles. The number of benzene rings is 1. The fourth-order valence-corrected chi connectivity index (χ4v) is 3.26. The fraction of sp³-hybridized carbons (Fsp3) is 0.471. The summed E-state index contributed by atoms with van der Waals surface area (Å²) in [4.78, 5) is 24.8. The van der Waals surface area contributed by atoms with E-state index in [0.29, 0.717) is 12.1 Å². The second-order valence-electron chi connectivity index (χ2n) is 6.21. The van der Waals surface area contributed by atoms with Crippen molar-refractivity contribution in [2.45, 2.75) is 50.6 Å². The Bertz CT molecular complexity index is 649. The molecule has 1 aromatic rings. The van der Waals surface area contributed by atoms with Crippen LogP contribution in [0.3, 0.4) is 0 Å². The molecule has 0 radical (unpaired) electrons. The van der Waals surface area contributed by atoms with E-state index in [1.165, 1.54) is 18.2 Å². The zero-order chi connectivity index (χ0) is 16.4. The number of nitro groups is 1. The van der Waals surface area contributed by atoms with E-state index >= 15 is 0 Å². The van der Waals surface area contributed by atoms with Crippen molar-refractivity contribution in [1.82, 2.24) is 4.90 Å². The highest BCUT2D eigenvalue weighted by molar-refractivity contribution is 5.93. The van der Waals surface area contributed by atoms with Crippen LogP contribution in [0, 0.1) is 15.9 Å². The lowest BCUT2D eigenvalue weighted by atomic mass is 10.1. The Morgan fingerprint density at radius 3 is 2.48 bits per heavy atom. The molecule has 6 heteroatoms. The molecule has 0 aliphatic heterocycles. The molecule has 0 heterocycles. The number of carbonyl (C=O) groups excluding carboxylic acids is 1. The molecule has 0 unspecified atom stereocenters. The van der Waals surface area contributed by atoms with Gasteiger partial charge in [0.2, 0.25) is 5.91 Å². The number of halogens is 1. The summed E-state index contributed by atoms with van der Waals surface area (Å²) < 4.78 is 13.1. The zero-order valence-electron chi connectivity index (χ0n) is 12.8. The second kappa shape index (κ2) is 6.48. The lowest BCUT2D eigenvalue weighted by Crippen LogP contribution is -2.39. The van der Waals surface area contributed by atoms with Gasteiger partial charge in [0.25, 0.3) is 5.69 Å². The van der Waals surface area contributed by atoms with Crippen LogP contribution in [0.25, 0.3) is 6.08 Å². The molecule has 0 spiro atoms. The van der Waals surface area contributed by atoms with Gasteiger partial charge in [0.05, 0.1) is 16.6 Å². The van der Waals surface area contributed by atoms with Gasteiger partial charge in [-0.05, 0) is 43.9 Å². The molecular weight excluding hydrogens is 299 g/mol. The smallest absolute Gasteiger partial charge is 0.279 e. The molecule has 122 valence electrons. The van der Waals surface area contributed by atoms with Crippen molar-refractivity contribution >= 4 is 17.7 Å². The Morgan fingerprint density at radius 2 is 1.87 bits per heavy atom. The number of rotatable bonds is 5. The first-order valence-electron chi connectivity index (χ1n) is 8.00. The molecule has 1 aromatic carbocycles. The van der Waals surface area contributed by atoms with Gasteiger partial charge in [-0.1, -0.05) is 12.8 Å². The van der Waals surface area contributed by atoms with E-state index in [1.807, 2.05) is 4.90 Å². The first-order chi connectivity index (χ1) is 11.1. The number of carbonyl (C=O) groups is 1. The third kappa shape index (κ3) is 3.57. The van der Waals surface area contributed by atoms with Crippen molar-refractivity contribution < 1.29 is 14.1 Å². The van der Waals surface area contributed by atoms with E-state index in [9.17, 15) is 19.3 Å². The molecular formula is C17H19FN2O3. The van der Waals surface area contributed by atoms with Crippen molar-refractivity contribution in [2.75, 3.05) is 0 Å². The highest BCUT2D eigenvalue weighted by Gasteiger charge is 2.37. The molecule has 0 atom stereocenters. The van der Waals surface area contributed by atoms with Gasteiger partial charge in [-0.25, -0.2) is 4.39 Å². The average Bonchev–Trinajstić information content (AvgIpc) is 3.20. The maximum atomic E-state index is 13.1. The van der Waals surface area contributed by atoms with Gasteiger partial charge >= 0.3 is 0 Å². The van der Waals surface area contributed by atoms with Gasteiger partial charge in [-0.15, -0.1) is 0 Å². The first-order valence-corrected chi connectivity index (χ1v) is 8.00. The van der Waals surface area contributed by atoms with Gasteiger partial charge in [0, 0.05) is 18.2 Å². The van der Waals surface area contributed by atoms with Crippen LogP contribution in [0.5, 0.6) is 0 Å². The van der Waals surface area contributed by atoms with E-state index in [1.54, 1.807) is 0 Å². The summed E-state index contributed by atoms with van der Waals surface area (Å²) in [7, 11) is 0. The molecule has 2 aliphatic carbocycles. The summed E-state index contributed by atoms with van der Waals surface area (Å²) in [5.74, 6) is -0.760. The summed E-state index contributed by atoms with van der Waals surface area (Å²) in [5.41, 5.74) is -0.0835. The largest absolute Gasteiger partial charge is 0.333 e. The quantitative estimate of drug-likeness (QED) is 0.472. The van der Waals surface area contributed by atoms with Crippen LogP contribution in [0.15, 0.2) is 24.3 Å². The number of hydrogen-bond acceptors (Lipinski definition) is 3. The SMILES string of the molecule is O=C(C=Cc1ccc(F)cc1[N+](=O)[O-])N(C1CCCC1)C1CC1. The van der Waals surface area contributed by atoms with Crippen LogP contribution in [-0.4, -0.2) is 27.8 Å². The number of amides is 1. The predicted molar refractivity (Wildman–Crippen MR) is 84.2 cm³/mol. The van der Waals surface area contributed by atoms with Crippen molar-refractivity contribution in [3.8, 4) is 0 Å². The molecule has 0 N–H and O–H groups in total. The molecule has 3 rings (SSSR count). The summed E-state index contributed by atoms with van der Waals surface area (Å²) >= 11 is 0. The minimum atomic E-state index is -0.661. The summed E-state index contributed by atoms with van der Waals surface area (Å²) in [6.07, 6.45) is 9.24. The molecule has 23 heavy (non-hydrogen) atoms. The Kier molecular flexibility index (Phi) is 4.41. The first kappa shape index (κ1) is 15.6. The summed E-state index contributed by atoms with van der Waals surface area (Å²) in [6.45, 7) is 0. The Labute approximate surface area is 133 Å². The normalized spacial score (nSPS) is 18.5. The van der Waals surface area contributed by atoms with E-state index in [-0.39, 0.29) is 17.2 Å². The molecule has 2 saturated carbocycles. The van der Waals surface area contributed by atoms with Gasteiger partial charge in [0.1, 0.15) is 5.82 Å². The van der Waals surface area contributed by atoms with Crippen molar-refractivity contribution in [1.29, 1.82) is 0 Å². The van der Waals surface area contributed by atoms with Crippen LogP contribution in [0.1, 0.15) is 44.1 Å². The maximum absolute atomic E-state index is 13.1. The second-order valence-corrected chi connectivity index (χ2v) is 6.21. The fourth-order valence-electron chi connectivity index (χ4n) is 3.26. The van der Waals surface area contributed by atoms with Crippen LogP contribution < -0.4 is 0 Å². The van der Waals surface area contributed by atoms with Crippen LogP contribution in [0.2, 0.25) is 0 Å². The topological polar surface area (TPSA) is 63.4 Å². The highest BCUT2D eigenvalue weighted by Crippen LogP contribution is 2.34. The minimum absolute atomic E-state index is 0.0991.